The number of carboxylic acids is 1. The fraction of sp³-hybridized carbons (Fsp3) is 0.609. The molecule has 418 valence electrons. The number of hydrogen-bond donors (Lipinski definition) is 14. The molecule has 75 heavy (non-hydrogen) atoms. The summed E-state index contributed by atoms with van der Waals surface area (Å²) >= 11 is 0. The molecule has 10 amide bonds. The standard InChI is InChI=1S/C44H71N15O10S2.C2H4O2/c1-3-24(2)35-42(68)54-28(14-9-17-51-44(49)50)38(64)56-30(20-33(47)60)39(65)57-31(23-71-70-22-26(46)36(62)55-29(40(66)58-35)19-25-11-5-4-6-12-25)43(69)59-18-10-15-32(59)41(67)53-27(13-7-8-16-45)37(63)52-21-34(48)61;1-2(3)4/h4-6,11-12,24,26-32,35H,3,7-10,13-23,45-46H2,1-2H3,(H2,47,60)(H2,48,61)(H,52,63)(H,53,67)(H,54,68)(H,55,62)(H,56,64)(H,57,65)(H,58,66)(H4,49,50,51);1H3,(H,3,4)/t24-,26-,27-,28?,29?,30-,31?,32-,35-;/m0./s1. The Balaban J connectivity index is 0.00000463. The van der Waals surface area contributed by atoms with E-state index in [1.165, 1.54) is 4.90 Å². The number of carbonyl (C=O) groups is 11. The molecular weight excluding hydrogens is 1020 g/mol. The summed E-state index contributed by atoms with van der Waals surface area (Å²) in [6, 6.07) is -1.54. The largest absolute Gasteiger partial charge is 0.481 e. The molecule has 0 radical (unpaired) electrons. The van der Waals surface area contributed by atoms with Crippen molar-refractivity contribution >= 4 is 92.6 Å². The highest BCUT2D eigenvalue weighted by atomic mass is 33.1. The number of hydrogen-bond acceptors (Lipinski definition) is 16. The molecule has 20 N–H and O–H groups in total. The molecule has 2 heterocycles. The summed E-state index contributed by atoms with van der Waals surface area (Å²) in [4.78, 5) is 150. The number of primary amides is 2. The summed E-state index contributed by atoms with van der Waals surface area (Å²) in [6.07, 6.45) is 1.39. The Morgan fingerprint density at radius 1 is 0.813 bits per heavy atom. The molecule has 2 fully saturated rings. The number of unbranched alkanes of at least 4 members (excludes halogenated alkanes) is 1. The Morgan fingerprint density at radius 3 is 2.04 bits per heavy atom. The SMILES string of the molecule is CC(=O)O.CC[C@H](C)[C@@H]1NC(=O)C(Cc2ccccc2)NC(=O)[C@@H](N)CSSCC(C(=O)N2CCC[C@H]2C(=O)N[C@@H](CCCCN)C(=O)NCC(N)=O)NC(=O)[C@H](CC(N)=O)NC(=O)C(CCCN=C(N)N)NC1=O. The number of nitrogens with zero attached hydrogens (tertiary/aromatic N) is 2. The van der Waals surface area contributed by atoms with Gasteiger partial charge in [-0.1, -0.05) is 72.2 Å². The third-order valence-corrected chi connectivity index (χ3v) is 14.1. The van der Waals surface area contributed by atoms with Gasteiger partial charge in [0, 0.05) is 37.9 Å². The predicted molar refractivity (Wildman–Crippen MR) is 281 cm³/mol. The molecule has 2 aliphatic rings. The van der Waals surface area contributed by atoms with Crippen LogP contribution in [0, 0.1) is 5.92 Å². The van der Waals surface area contributed by atoms with Crippen LogP contribution in [0.4, 0.5) is 0 Å². The Bertz CT molecular complexity index is 2150. The van der Waals surface area contributed by atoms with Gasteiger partial charge in [0.15, 0.2) is 5.96 Å². The van der Waals surface area contributed by atoms with Gasteiger partial charge in [0.05, 0.1) is 19.0 Å². The zero-order valence-corrected chi connectivity index (χ0v) is 44.1. The van der Waals surface area contributed by atoms with E-state index in [9.17, 15) is 47.9 Å². The highest BCUT2D eigenvalue weighted by Gasteiger charge is 2.41. The number of carbonyl (C=O) groups excluding carboxylic acids is 10. The number of guanidine groups is 1. The Kier molecular flexibility index (Phi) is 29.2. The molecule has 3 unspecified atom stereocenters. The number of likely N-dealkylation sites (tertiary alicyclic amines) is 1. The summed E-state index contributed by atoms with van der Waals surface area (Å²) in [6.45, 7) is 4.54. The van der Waals surface area contributed by atoms with Gasteiger partial charge in [-0.15, -0.1) is 0 Å². The molecule has 3 rings (SSSR count). The lowest BCUT2D eigenvalue weighted by Crippen LogP contribution is -2.61. The van der Waals surface area contributed by atoms with Crippen LogP contribution in [-0.2, 0) is 59.2 Å². The van der Waals surface area contributed by atoms with E-state index >= 15 is 0 Å². The van der Waals surface area contributed by atoms with Crippen molar-refractivity contribution in [3.8, 4) is 0 Å². The minimum atomic E-state index is -1.69. The second-order valence-corrected chi connectivity index (χ2v) is 20.4. The van der Waals surface area contributed by atoms with Gasteiger partial charge in [0.1, 0.15) is 42.3 Å². The van der Waals surface area contributed by atoms with E-state index in [4.69, 9.17) is 44.3 Å². The topological polar surface area (TPSA) is 464 Å². The Morgan fingerprint density at radius 2 is 1.43 bits per heavy atom. The third kappa shape index (κ3) is 24.0. The first-order chi connectivity index (χ1) is 35.5. The first-order valence-corrected chi connectivity index (χ1v) is 26.9. The first-order valence-electron chi connectivity index (χ1n) is 24.4. The summed E-state index contributed by atoms with van der Waals surface area (Å²) in [5.41, 5.74) is 34.5. The average Bonchev–Trinajstić information content (AvgIpc) is 3.85. The van der Waals surface area contributed by atoms with Gasteiger partial charge in [0.25, 0.3) is 5.97 Å². The smallest absolute Gasteiger partial charge is 0.300 e. The maximum atomic E-state index is 14.6. The van der Waals surface area contributed by atoms with Crippen LogP contribution in [0.5, 0.6) is 0 Å². The lowest BCUT2D eigenvalue weighted by Gasteiger charge is -2.31. The summed E-state index contributed by atoms with van der Waals surface area (Å²) in [7, 11) is 2.12. The molecule has 0 saturated carbocycles. The molecule has 0 bridgehead atoms. The second-order valence-electron chi connectivity index (χ2n) is 17.8. The number of amides is 10. The van der Waals surface area contributed by atoms with E-state index in [1.807, 2.05) is 0 Å². The van der Waals surface area contributed by atoms with Crippen LogP contribution in [0.15, 0.2) is 35.3 Å². The molecule has 27 nitrogen and oxygen atoms in total. The molecule has 0 spiro atoms. The molecule has 1 aromatic rings. The highest BCUT2D eigenvalue weighted by Crippen LogP contribution is 2.26. The van der Waals surface area contributed by atoms with Gasteiger partial charge in [-0.2, -0.15) is 0 Å². The quantitative estimate of drug-likeness (QED) is 0.0254. The van der Waals surface area contributed by atoms with Crippen molar-refractivity contribution in [3.05, 3.63) is 35.9 Å². The zero-order valence-electron chi connectivity index (χ0n) is 42.5. The van der Waals surface area contributed by atoms with Crippen molar-refractivity contribution in [2.24, 2.45) is 45.3 Å². The van der Waals surface area contributed by atoms with E-state index in [2.05, 4.69) is 42.2 Å². The van der Waals surface area contributed by atoms with Crippen LogP contribution >= 0.6 is 21.6 Å². The van der Waals surface area contributed by atoms with Crippen molar-refractivity contribution < 1.29 is 57.8 Å². The zero-order chi connectivity index (χ0) is 56.2. The van der Waals surface area contributed by atoms with E-state index < -0.39 is 132 Å². The lowest BCUT2D eigenvalue weighted by atomic mass is 9.96. The van der Waals surface area contributed by atoms with Gasteiger partial charge in [-0.25, -0.2) is 0 Å². The Labute approximate surface area is 443 Å². The normalized spacial score (nSPS) is 22.9. The molecule has 0 aliphatic carbocycles. The summed E-state index contributed by atoms with van der Waals surface area (Å²) < 4.78 is 0. The highest BCUT2D eigenvalue weighted by molar-refractivity contribution is 8.76. The number of benzene rings is 1. The molecule has 0 aromatic heterocycles. The molecule has 1 aromatic carbocycles. The average molecular weight is 1090 g/mol. The Hall–Kier alpha value is -6.72. The van der Waals surface area contributed by atoms with Crippen molar-refractivity contribution in [2.45, 2.75) is 133 Å². The molecule has 9 atom stereocenters. The van der Waals surface area contributed by atoms with Gasteiger partial charge in [0.2, 0.25) is 59.1 Å². The van der Waals surface area contributed by atoms with E-state index in [1.54, 1.807) is 44.2 Å². The van der Waals surface area contributed by atoms with Crippen LogP contribution in [0.1, 0.15) is 84.1 Å². The van der Waals surface area contributed by atoms with Crippen LogP contribution in [0.25, 0.3) is 0 Å². The van der Waals surface area contributed by atoms with Crippen molar-refractivity contribution in [3.63, 3.8) is 0 Å². The molecular formula is C46H75N15O12S2. The molecule has 2 aliphatic heterocycles. The monoisotopic (exact) mass is 1090 g/mol. The number of aliphatic imine (C=N–C) groups is 1. The van der Waals surface area contributed by atoms with E-state index in [0.29, 0.717) is 37.8 Å². The van der Waals surface area contributed by atoms with Crippen molar-refractivity contribution in [1.82, 2.24) is 42.1 Å². The molecule has 29 heteroatoms. The third-order valence-electron chi connectivity index (χ3n) is 11.7. The number of nitrogens with two attached hydrogens (primary N) is 6. The number of rotatable bonds is 20. The van der Waals surface area contributed by atoms with E-state index in [0.717, 1.165) is 28.5 Å². The van der Waals surface area contributed by atoms with E-state index in [-0.39, 0.29) is 62.7 Å². The van der Waals surface area contributed by atoms with Gasteiger partial charge in [-0.3, -0.25) is 57.7 Å². The summed E-state index contributed by atoms with van der Waals surface area (Å²) in [5.74, 6) is -9.82. The fourth-order valence-electron chi connectivity index (χ4n) is 7.60. The summed E-state index contributed by atoms with van der Waals surface area (Å²) in [5, 5.41) is 25.7. The second kappa shape index (κ2) is 34.0. The molecule has 2 saturated heterocycles. The number of aliphatic carboxylic acids is 1. The van der Waals surface area contributed by atoms with Crippen LogP contribution in [0.2, 0.25) is 0 Å². The van der Waals surface area contributed by atoms with Crippen LogP contribution < -0.4 is 71.6 Å². The predicted octanol–water partition coefficient (Wildman–Crippen LogP) is -4.35. The van der Waals surface area contributed by atoms with Gasteiger partial charge in [-0.05, 0) is 63.0 Å². The van der Waals surface area contributed by atoms with Gasteiger partial charge < -0.3 is 81.6 Å². The maximum absolute atomic E-state index is 14.6. The van der Waals surface area contributed by atoms with Gasteiger partial charge >= 0.3 is 0 Å². The fourth-order valence-corrected chi connectivity index (χ4v) is 9.88. The van der Waals surface area contributed by atoms with Crippen molar-refractivity contribution in [1.29, 1.82) is 0 Å². The van der Waals surface area contributed by atoms with Crippen molar-refractivity contribution in [2.75, 3.05) is 37.7 Å². The first kappa shape index (κ1) is 64.4. The number of nitrogens with one attached hydrogen (secondary N) is 7. The van der Waals surface area contributed by atoms with Crippen LogP contribution in [0.3, 0.4) is 0 Å². The minimum Gasteiger partial charge on any atom is -0.481 e. The van der Waals surface area contributed by atoms with Crippen LogP contribution in [-0.4, -0.2) is 167 Å². The lowest BCUT2D eigenvalue weighted by molar-refractivity contribution is -0.142. The minimum absolute atomic E-state index is 0.0232. The number of carboxylic acid groups (broad SMARTS) is 1. The maximum Gasteiger partial charge on any atom is 0.300 e.